The van der Waals surface area contributed by atoms with E-state index in [-0.39, 0.29) is 23.1 Å². The first-order valence-corrected chi connectivity index (χ1v) is 9.44. The van der Waals surface area contributed by atoms with E-state index in [0.717, 1.165) is 32.4 Å². The molecule has 138 valence electrons. The zero-order valence-corrected chi connectivity index (χ0v) is 16.0. The van der Waals surface area contributed by atoms with Gasteiger partial charge in [-0.15, -0.1) is 0 Å². The zero-order valence-electron chi connectivity index (χ0n) is 16.0. The molecule has 1 saturated heterocycles. The van der Waals surface area contributed by atoms with Crippen LogP contribution in [0.1, 0.15) is 74.1 Å². The molecular formula is C21H32N2O2. The van der Waals surface area contributed by atoms with Crippen LogP contribution in [0.5, 0.6) is 0 Å². The van der Waals surface area contributed by atoms with Gasteiger partial charge in [-0.1, -0.05) is 45.9 Å². The van der Waals surface area contributed by atoms with Gasteiger partial charge in [0, 0.05) is 24.6 Å². The van der Waals surface area contributed by atoms with Gasteiger partial charge in [-0.3, -0.25) is 9.59 Å². The number of hydrogen-bond acceptors (Lipinski definition) is 3. The lowest BCUT2D eigenvalue weighted by atomic mass is 9.80. The molecule has 2 unspecified atom stereocenters. The molecule has 1 aliphatic heterocycles. The van der Waals surface area contributed by atoms with Crippen molar-refractivity contribution in [2.24, 2.45) is 11.3 Å². The standard InChI is InChI=1S/C21H32N2O2/c1-5-8-19(24)17-9-6-7-10-18(17)20(25)23-16-11-15(13-22-14-16)12-21(2,3)4/h6-7,9-10,15-16,22H,5,8,11-14H2,1-4H3,(H,23,25). The van der Waals surface area contributed by atoms with Gasteiger partial charge in [0.2, 0.25) is 0 Å². The van der Waals surface area contributed by atoms with Gasteiger partial charge in [0.25, 0.3) is 5.91 Å². The third-order valence-corrected chi connectivity index (χ3v) is 4.63. The number of nitrogens with one attached hydrogen (secondary N) is 2. The number of piperidine rings is 1. The Morgan fingerprint density at radius 1 is 1.16 bits per heavy atom. The molecule has 0 spiro atoms. The quantitative estimate of drug-likeness (QED) is 0.772. The molecule has 25 heavy (non-hydrogen) atoms. The molecule has 2 atom stereocenters. The van der Waals surface area contributed by atoms with Crippen molar-refractivity contribution in [2.45, 2.75) is 59.4 Å². The second-order valence-corrected chi connectivity index (χ2v) is 8.41. The van der Waals surface area contributed by atoms with Crippen LogP contribution in [0.4, 0.5) is 0 Å². The van der Waals surface area contributed by atoms with Gasteiger partial charge in [0.1, 0.15) is 0 Å². The predicted molar refractivity (Wildman–Crippen MR) is 102 cm³/mol. The van der Waals surface area contributed by atoms with E-state index < -0.39 is 0 Å². The first kappa shape index (κ1) is 19.6. The summed E-state index contributed by atoms with van der Waals surface area (Å²) >= 11 is 0. The van der Waals surface area contributed by atoms with Gasteiger partial charge < -0.3 is 10.6 Å². The molecule has 2 N–H and O–H groups in total. The Morgan fingerprint density at radius 3 is 2.48 bits per heavy atom. The van der Waals surface area contributed by atoms with Crippen molar-refractivity contribution in [1.29, 1.82) is 0 Å². The summed E-state index contributed by atoms with van der Waals surface area (Å²) in [6.45, 7) is 10.5. The van der Waals surface area contributed by atoms with E-state index >= 15 is 0 Å². The molecule has 1 heterocycles. The second kappa shape index (κ2) is 8.61. The molecule has 0 radical (unpaired) electrons. The Kier molecular flexibility index (Phi) is 6.77. The molecule has 4 nitrogen and oxygen atoms in total. The fraction of sp³-hybridized carbons (Fsp3) is 0.619. The summed E-state index contributed by atoms with van der Waals surface area (Å²) in [6, 6.07) is 7.26. The van der Waals surface area contributed by atoms with E-state index in [2.05, 4.69) is 31.4 Å². The number of benzene rings is 1. The number of carbonyl (C=O) groups is 2. The van der Waals surface area contributed by atoms with E-state index in [1.807, 2.05) is 19.1 Å². The van der Waals surface area contributed by atoms with Crippen molar-refractivity contribution in [3.05, 3.63) is 35.4 Å². The fourth-order valence-corrected chi connectivity index (χ4v) is 3.71. The van der Waals surface area contributed by atoms with Gasteiger partial charge >= 0.3 is 0 Å². The molecule has 1 aromatic carbocycles. The molecule has 0 saturated carbocycles. The lowest BCUT2D eigenvalue weighted by Gasteiger charge is -2.34. The highest BCUT2D eigenvalue weighted by molar-refractivity contribution is 6.08. The molecule has 1 fully saturated rings. The molecule has 4 heteroatoms. The highest BCUT2D eigenvalue weighted by atomic mass is 16.2. The second-order valence-electron chi connectivity index (χ2n) is 8.41. The van der Waals surface area contributed by atoms with Crippen LogP contribution in [-0.4, -0.2) is 30.8 Å². The number of hydrogen-bond donors (Lipinski definition) is 2. The van der Waals surface area contributed by atoms with Crippen molar-refractivity contribution in [2.75, 3.05) is 13.1 Å². The van der Waals surface area contributed by atoms with Gasteiger partial charge in [0.15, 0.2) is 5.78 Å². The van der Waals surface area contributed by atoms with Crippen LogP contribution in [-0.2, 0) is 0 Å². The Balaban J connectivity index is 2.03. The van der Waals surface area contributed by atoms with E-state index in [4.69, 9.17) is 0 Å². The summed E-state index contributed by atoms with van der Waals surface area (Å²) in [7, 11) is 0. The van der Waals surface area contributed by atoms with E-state index in [0.29, 0.717) is 23.5 Å². The van der Waals surface area contributed by atoms with Crippen LogP contribution in [0.25, 0.3) is 0 Å². The van der Waals surface area contributed by atoms with E-state index in [1.54, 1.807) is 12.1 Å². The van der Waals surface area contributed by atoms with Gasteiger partial charge in [-0.05, 0) is 43.2 Å². The predicted octanol–water partition coefficient (Wildman–Crippen LogP) is 3.81. The average molecular weight is 344 g/mol. The molecular weight excluding hydrogens is 312 g/mol. The molecule has 1 aromatic rings. The monoisotopic (exact) mass is 344 g/mol. The summed E-state index contributed by atoms with van der Waals surface area (Å²) in [5, 5.41) is 6.57. The van der Waals surface area contributed by atoms with Gasteiger partial charge in [-0.2, -0.15) is 0 Å². The van der Waals surface area contributed by atoms with Crippen molar-refractivity contribution < 1.29 is 9.59 Å². The highest BCUT2D eigenvalue weighted by Gasteiger charge is 2.27. The number of rotatable bonds is 6. The lowest BCUT2D eigenvalue weighted by Crippen LogP contribution is -2.49. The van der Waals surface area contributed by atoms with Crippen LogP contribution in [0.3, 0.4) is 0 Å². The summed E-state index contributed by atoms with van der Waals surface area (Å²) in [6.07, 6.45) is 3.39. The van der Waals surface area contributed by atoms with E-state index in [1.165, 1.54) is 0 Å². The molecule has 0 aliphatic carbocycles. The number of amides is 1. The summed E-state index contributed by atoms with van der Waals surface area (Å²) in [5.41, 5.74) is 1.33. The maximum atomic E-state index is 12.7. The molecule has 2 rings (SSSR count). The van der Waals surface area contributed by atoms with Crippen molar-refractivity contribution in [1.82, 2.24) is 10.6 Å². The molecule has 0 bridgehead atoms. The molecule has 1 aliphatic rings. The van der Waals surface area contributed by atoms with Crippen LogP contribution >= 0.6 is 0 Å². The largest absolute Gasteiger partial charge is 0.348 e. The topological polar surface area (TPSA) is 58.2 Å². The Hall–Kier alpha value is -1.68. The van der Waals surface area contributed by atoms with Gasteiger partial charge in [0.05, 0.1) is 5.56 Å². The SMILES string of the molecule is CCCC(=O)c1ccccc1C(=O)NC1CNCC(CC(C)(C)C)C1. The lowest BCUT2D eigenvalue weighted by molar-refractivity contribution is 0.0904. The minimum atomic E-state index is -0.136. The highest BCUT2D eigenvalue weighted by Crippen LogP contribution is 2.28. The maximum absolute atomic E-state index is 12.7. The van der Waals surface area contributed by atoms with E-state index in [9.17, 15) is 9.59 Å². The minimum Gasteiger partial charge on any atom is -0.348 e. The summed E-state index contributed by atoms with van der Waals surface area (Å²) in [4.78, 5) is 25.0. The zero-order chi connectivity index (χ0) is 18.4. The smallest absolute Gasteiger partial charge is 0.252 e. The Bertz CT molecular complexity index is 604. The molecule has 1 amide bonds. The number of carbonyl (C=O) groups excluding carboxylic acids is 2. The Labute approximate surface area is 151 Å². The fourth-order valence-electron chi connectivity index (χ4n) is 3.71. The van der Waals surface area contributed by atoms with Crippen molar-refractivity contribution in [3.8, 4) is 0 Å². The number of ketones is 1. The normalized spacial score (nSPS) is 21.0. The third-order valence-electron chi connectivity index (χ3n) is 4.63. The number of Topliss-reactive ketones (excluding diaryl/α,β-unsaturated/α-hetero) is 1. The maximum Gasteiger partial charge on any atom is 0.252 e. The minimum absolute atomic E-state index is 0.0422. The third kappa shape index (κ3) is 5.96. The average Bonchev–Trinajstić information content (AvgIpc) is 2.53. The first-order valence-electron chi connectivity index (χ1n) is 9.44. The summed E-state index contributed by atoms with van der Waals surface area (Å²) < 4.78 is 0. The summed E-state index contributed by atoms with van der Waals surface area (Å²) in [5.74, 6) is 0.472. The molecule has 0 aromatic heterocycles. The van der Waals surface area contributed by atoms with Crippen molar-refractivity contribution >= 4 is 11.7 Å². The van der Waals surface area contributed by atoms with Crippen LogP contribution < -0.4 is 10.6 Å². The van der Waals surface area contributed by atoms with Crippen molar-refractivity contribution in [3.63, 3.8) is 0 Å². The van der Waals surface area contributed by atoms with Crippen LogP contribution in [0.15, 0.2) is 24.3 Å². The van der Waals surface area contributed by atoms with Gasteiger partial charge in [-0.25, -0.2) is 0 Å². The van der Waals surface area contributed by atoms with Crippen LogP contribution in [0.2, 0.25) is 0 Å². The van der Waals surface area contributed by atoms with Crippen LogP contribution in [0, 0.1) is 11.3 Å². The Morgan fingerprint density at radius 2 is 1.84 bits per heavy atom. The first-order chi connectivity index (χ1) is 11.8.